The summed E-state index contributed by atoms with van der Waals surface area (Å²) < 4.78 is 1.16. The van der Waals surface area contributed by atoms with Crippen LogP contribution in [0.4, 0.5) is 0 Å². The highest BCUT2D eigenvalue weighted by atomic mass is 79.9. The molecule has 0 radical (unpaired) electrons. The van der Waals surface area contributed by atoms with E-state index in [-0.39, 0.29) is 0 Å². The van der Waals surface area contributed by atoms with Gasteiger partial charge in [0.2, 0.25) is 0 Å². The molecule has 1 spiro atoms. The van der Waals surface area contributed by atoms with Crippen LogP contribution >= 0.6 is 15.9 Å². The molecule has 2 aliphatic carbocycles. The second kappa shape index (κ2) is 6.19. The Labute approximate surface area is 131 Å². The van der Waals surface area contributed by atoms with Gasteiger partial charge in [-0.2, -0.15) is 0 Å². The molecular weight excluding hydrogens is 310 g/mol. The van der Waals surface area contributed by atoms with Crippen molar-refractivity contribution in [2.75, 3.05) is 0 Å². The first kappa shape index (κ1) is 14.6. The number of benzene rings is 1. The SMILES string of the molecule is C[C@@H](NC1CCC2(CCCC2)CC1)c1ccc(Br)cc1. The molecule has 3 rings (SSSR count). The van der Waals surface area contributed by atoms with Crippen molar-refractivity contribution >= 4 is 15.9 Å². The summed E-state index contributed by atoms with van der Waals surface area (Å²) in [6, 6.07) is 9.92. The summed E-state index contributed by atoms with van der Waals surface area (Å²) in [7, 11) is 0. The molecule has 110 valence electrons. The van der Waals surface area contributed by atoms with Gasteiger partial charge in [-0.1, -0.05) is 40.9 Å². The lowest BCUT2D eigenvalue weighted by atomic mass is 9.71. The molecule has 1 aromatic carbocycles. The fraction of sp³-hybridized carbons (Fsp3) is 0.667. The zero-order valence-electron chi connectivity index (χ0n) is 12.5. The summed E-state index contributed by atoms with van der Waals surface area (Å²) in [6.45, 7) is 2.29. The van der Waals surface area contributed by atoms with Crippen LogP contribution in [0.5, 0.6) is 0 Å². The molecule has 0 heterocycles. The first-order chi connectivity index (χ1) is 9.67. The number of hydrogen-bond acceptors (Lipinski definition) is 1. The maximum Gasteiger partial charge on any atom is 0.0294 e. The van der Waals surface area contributed by atoms with E-state index in [2.05, 4.69) is 52.4 Å². The molecule has 1 nitrogen and oxygen atoms in total. The third-order valence-electron chi connectivity index (χ3n) is 5.57. The predicted octanol–water partition coefficient (Wildman–Crippen LogP) is 5.60. The van der Waals surface area contributed by atoms with Crippen LogP contribution in [0.2, 0.25) is 0 Å². The Bertz CT molecular complexity index is 423. The van der Waals surface area contributed by atoms with Crippen molar-refractivity contribution in [1.29, 1.82) is 0 Å². The van der Waals surface area contributed by atoms with Gasteiger partial charge in [-0.25, -0.2) is 0 Å². The second-order valence-electron chi connectivity index (χ2n) is 6.92. The molecule has 0 saturated heterocycles. The molecule has 0 bridgehead atoms. The Morgan fingerprint density at radius 2 is 1.65 bits per heavy atom. The van der Waals surface area contributed by atoms with Crippen LogP contribution in [0, 0.1) is 5.41 Å². The molecule has 2 aliphatic rings. The van der Waals surface area contributed by atoms with Gasteiger partial charge in [0, 0.05) is 16.6 Å². The van der Waals surface area contributed by atoms with Crippen molar-refractivity contribution in [3.63, 3.8) is 0 Å². The van der Waals surface area contributed by atoms with Crippen molar-refractivity contribution in [2.24, 2.45) is 5.41 Å². The van der Waals surface area contributed by atoms with Crippen LogP contribution in [0.15, 0.2) is 28.7 Å². The zero-order valence-corrected chi connectivity index (χ0v) is 14.1. The summed E-state index contributed by atoms with van der Waals surface area (Å²) >= 11 is 3.51. The van der Waals surface area contributed by atoms with Gasteiger partial charge in [-0.15, -0.1) is 0 Å². The van der Waals surface area contributed by atoms with Gasteiger partial charge < -0.3 is 5.32 Å². The van der Waals surface area contributed by atoms with Crippen molar-refractivity contribution in [3.05, 3.63) is 34.3 Å². The van der Waals surface area contributed by atoms with Crippen LogP contribution in [-0.4, -0.2) is 6.04 Å². The van der Waals surface area contributed by atoms with Crippen LogP contribution in [0.25, 0.3) is 0 Å². The van der Waals surface area contributed by atoms with E-state index < -0.39 is 0 Å². The topological polar surface area (TPSA) is 12.0 Å². The van der Waals surface area contributed by atoms with Crippen molar-refractivity contribution in [1.82, 2.24) is 5.32 Å². The van der Waals surface area contributed by atoms with Crippen LogP contribution < -0.4 is 5.32 Å². The summed E-state index contributed by atoms with van der Waals surface area (Å²) in [6.07, 6.45) is 11.6. The summed E-state index contributed by atoms with van der Waals surface area (Å²) in [5, 5.41) is 3.85. The molecule has 0 aliphatic heterocycles. The van der Waals surface area contributed by atoms with Gasteiger partial charge >= 0.3 is 0 Å². The molecule has 2 saturated carbocycles. The lowest BCUT2D eigenvalue weighted by Crippen LogP contribution is -2.37. The van der Waals surface area contributed by atoms with E-state index in [9.17, 15) is 0 Å². The normalized spacial score (nSPS) is 24.1. The first-order valence-corrected chi connectivity index (χ1v) is 8.98. The molecule has 1 N–H and O–H groups in total. The van der Waals surface area contributed by atoms with Gasteiger partial charge in [0.15, 0.2) is 0 Å². The smallest absolute Gasteiger partial charge is 0.0294 e. The quantitative estimate of drug-likeness (QED) is 0.757. The highest BCUT2D eigenvalue weighted by Crippen LogP contribution is 2.49. The minimum atomic E-state index is 0.464. The molecule has 1 atom stereocenters. The van der Waals surface area contributed by atoms with E-state index in [0.717, 1.165) is 15.9 Å². The van der Waals surface area contributed by atoms with E-state index in [1.807, 2.05) is 0 Å². The van der Waals surface area contributed by atoms with Gasteiger partial charge in [0.05, 0.1) is 0 Å². The van der Waals surface area contributed by atoms with Gasteiger partial charge in [0.1, 0.15) is 0 Å². The molecule has 2 heteroatoms. The van der Waals surface area contributed by atoms with Crippen molar-refractivity contribution in [2.45, 2.75) is 70.4 Å². The second-order valence-corrected chi connectivity index (χ2v) is 7.84. The largest absolute Gasteiger partial charge is 0.307 e. The maximum absolute atomic E-state index is 3.85. The van der Waals surface area contributed by atoms with Gasteiger partial charge in [-0.05, 0) is 68.6 Å². The zero-order chi connectivity index (χ0) is 14.0. The standard InChI is InChI=1S/C18H26BrN/c1-14(15-4-6-16(19)7-5-15)20-17-8-12-18(13-9-17)10-2-3-11-18/h4-7,14,17,20H,2-3,8-13H2,1H3/t14-/m1/s1. The first-order valence-electron chi connectivity index (χ1n) is 8.18. The monoisotopic (exact) mass is 335 g/mol. The fourth-order valence-electron chi connectivity index (χ4n) is 4.22. The Hall–Kier alpha value is -0.340. The number of halogens is 1. The highest BCUT2D eigenvalue weighted by molar-refractivity contribution is 9.10. The van der Waals surface area contributed by atoms with E-state index >= 15 is 0 Å². The molecule has 2 fully saturated rings. The minimum absolute atomic E-state index is 0.464. The lowest BCUT2D eigenvalue weighted by molar-refractivity contribution is 0.164. The molecule has 0 unspecified atom stereocenters. The van der Waals surface area contributed by atoms with E-state index in [1.54, 1.807) is 0 Å². The molecular formula is C18H26BrN. The Balaban J connectivity index is 1.52. The van der Waals surface area contributed by atoms with Gasteiger partial charge in [-0.3, -0.25) is 0 Å². The van der Waals surface area contributed by atoms with Crippen LogP contribution in [0.3, 0.4) is 0 Å². The van der Waals surface area contributed by atoms with Gasteiger partial charge in [0.25, 0.3) is 0 Å². The predicted molar refractivity (Wildman–Crippen MR) is 88.8 cm³/mol. The number of hydrogen-bond donors (Lipinski definition) is 1. The number of nitrogens with one attached hydrogen (secondary N) is 1. The Kier molecular flexibility index (Phi) is 4.52. The van der Waals surface area contributed by atoms with Crippen molar-refractivity contribution in [3.8, 4) is 0 Å². The summed E-state index contributed by atoms with van der Waals surface area (Å²) in [5.74, 6) is 0. The van der Waals surface area contributed by atoms with E-state index in [1.165, 1.54) is 56.9 Å². The summed E-state index contributed by atoms with van der Waals surface area (Å²) in [4.78, 5) is 0. The maximum atomic E-state index is 3.85. The average molecular weight is 336 g/mol. The Morgan fingerprint density at radius 3 is 2.25 bits per heavy atom. The summed E-state index contributed by atoms with van der Waals surface area (Å²) in [5.41, 5.74) is 2.15. The van der Waals surface area contributed by atoms with E-state index in [4.69, 9.17) is 0 Å². The number of rotatable bonds is 3. The molecule has 0 amide bonds. The minimum Gasteiger partial charge on any atom is -0.307 e. The van der Waals surface area contributed by atoms with E-state index in [0.29, 0.717) is 6.04 Å². The van der Waals surface area contributed by atoms with Crippen molar-refractivity contribution < 1.29 is 0 Å². The third-order valence-corrected chi connectivity index (χ3v) is 6.09. The fourth-order valence-corrected chi connectivity index (χ4v) is 4.49. The van der Waals surface area contributed by atoms with Crippen LogP contribution in [0.1, 0.15) is 69.9 Å². The average Bonchev–Trinajstić information content (AvgIpc) is 2.91. The molecule has 0 aromatic heterocycles. The molecule has 1 aromatic rings. The Morgan fingerprint density at radius 1 is 1.05 bits per heavy atom. The molecule has 20 heavy (non-hydrogen) atoms. The highest BCUT2D eigenvalue weighted by Gasteiger charge is 2.37. The van der Waals surface area contributed by atoms with Crippen LogP contribution in [-0.2, 0) is 0 Å². The lowest BCUT2D eigenvalue weighted by Gasteiger charge is -2.38. The third kappa shape index (κ3) is 3.28.